The summed E-state index contributed by atoms with van der Waals surface area (Å²) in [5.74, 6) is 2.34. The fraction of sp³-hybridized carbons (Fsp3) is 0.0889. The van der Waals surface area contributed by atoms with Gasteiger partial charge in [0.2, 0.25) is 0 Å². The van der Waals surface area contributed by atoms with Crippen LogP contribution >= 0.6 is 0 Å². The summed E-state index contributed by atoms with van der Waals surface area (Å²) in [4.78, 5) is 15.2. The largest absolute Gasteiger partial charge is 0.456 e. The number of nitrogens with zero attached hydrogens (tertiary/aromatic N) is 3. The molecule has 0 N–H and O–H groups in total. The molecule has 0 radical (unpaired) electrons. The number of hydrogen-bond donors (Lipinski definition) is 0. The van der Waals surface area contributed by atoms with E-state index in [1.165, 1.54) is 49.0 Å². The van der Waals surface area contributed by atoms with E-state index in [1.807, 2.05) is 12.1 Å². The number of hydrogen-bond acceptors (Lipinski definition) is 4. The van der Waals surface area contributed by atoms with Crippen LogP contribution in [0.15, 0.2) is 144 Å². The Kier molecular flexibility index (Phi) is 6.41. The molecule has 4 nitrogen and oxygen atoms in total. The van der Waals surface area contributed by atoms with Crippen LogP contribution < -0.4 is 0 Å². The molecule has 1 unspecified atom stereocenters. The lowest BCUT2D eigenvalue weighted by atomic mass is 9.83. The predicted octanol–water partition coefficient (Wildman–Crippen LogP) is 11.5. The van der Waals surface area contributed by atoms with Crippen molar-refractivity contribution in [2.24, 2.45) is 0 Å². The van der Waals surface area contributed by atoms with Crippen molar-refractivity contribution in [1.82, 2.24) is 15.0 Å². The molecule has 2 aliphatic carbocycles. The predicted molar refractivity (Wildman–Crippen MR) is 201 cm³/mol. The highest BCUT2D eigenvalue weighted by Crippen LogP contribution is 2.39. The molecule has 49 heavy (non-hydrogen) atoms. The maximum atomic E-state index is 6.20. The topological polar surface area (TPSA) is 51.8 Å². The molecule has 8 aromatic rings. The number of fused-ring (bicyclic) bond motifs is 7. The van der Waals surface area contributed by atoms with E-state index >= 15 is 0 Å². The van der Waals surface area contributed by atoms with Gasteiger partial charge in [0, 0.05) is 33.4 Å². The Hall–Kier alpha value is -6.13. The average molecular weight is 630 g/mol. The van der Waals surface area contributed by atoms with Gasteiger partial charge in [0.1, 0.15) is 11.2 Å². The highest BCUT2D eigenvalue weighted by molar-refractivity contribution is 6.09. The lowest BCUT2D eigenvalue weighted by Crippen LogP contribution is -2.07. The zero-order chi connectivity index (χ0) is 32.3. The number of para-hydroxylation sites is 1. The van der Waals surface area contributed by atoms with Crippen LogP contribution in [0.25, 0.3) is 77.9 Å². The lowest BCUT2D eigenvalue weighted by molar-refractivity contribution is 0.668. The van der Waals surface area contributed by atoms with E-state index in [4.69, 9.17) is 19.4 Å². The van der Waals surface area contributed by atoms with Crippen molar-refractivity contribution in [1.29, 1.82) is 0 Å². The zero-order valence-corrected chi connectivity index (χ0v) is 26.8. The van der Waals surface area contributed by atoms with Gasteiger partial charge in [0.15, 0.2) is 17.5 Å². The number of allylic oxidation sites excluding steroid dienone is 5. The summed E-state index contributed by atoms with van der Waals surface area (Å²) in [7, 11) is 0. The fourth-order valence-corrected chi connectivity index (χ4v) is 7.61. The van der Waals surface area contributed by atoms with Crippen LogP contribution in [0, 0.1) is 0 Å². The quantitative estimate of drug-likeness (QED) is 0.182. The Morgan fingerprint density at radius 2 is 1.31 bits per heavy atom. The van der Waals surface area contributed by atoms with Gasteiger partial charge in [-0.15, -0.1) is 0 Å². The fourth-order valence-electron chi connectivity index (χ4n) is 7.61. The van der Waals surface area contributed by atoms with Gasteiger partial charge in [0.05, 0.1) is 0 Å². The molecule has 0 saturated carbocycles. The highest BCUT2D eigenvalue weighted by Gasteiger charge is 2.22. The van der Waals surface area contributed by atoms with Crippen molar-refractivity contribution in [3.05, 3.63) is 162 Å². The molecule has 10 rings (SSSR count). The molecule has 0 amide bonds. The van der Waals surface area contributed by atoms with Crippen molar-refractivity contribution in [3.63, 3.8) is 0 Å². The van der Waals surface area contributed by atoms with Gasteiger partial charge in [-0.1, -0.05) is 121 Å². The molecule has 0 spiro atoms. The smallest absolute Gasteiger partial charge is 0.164 e. The molecule has 1 atom stereocenters. The molecule has 2 aliphatic rings. The Morgan fingerprint density at radius 3 is 2.18 bits per heavy atom. The number of rotatable bonds is 4. The molecular weight excluding hydrogens is 599 g/mol. The summed E-state index contributed by atoms with van der Waals surface area (Å²) in [6.07, 6.45) is 14.1. The second-order valence-electron chi connectivity index (χ2n) is 13.1. The van der Waals surface area contributed by atoms with Crippen LogP contribution in [0.2, 0.25) is 0 Å². The van der Waals surface area contributed by atoms with Crippen molar-refractivity contribution in [2.45, 2.75) is 25.2 Å². The third-order valence-corrected chi connectivity index (χ3v) is 10.1. The van der Waals surface area contributed by atoms with Gasteiger partial charge < -0.3 is 4.42 Å². The van der Waals surface area contributed by atoms with E-state index in [2.05, 4.69) is 134 Å². The third-order valence-electron chi connectivity index (χ3n) is 10.1. The van der Waals surface area contributed by atoms with Crippen molar-refractivity contribution >= 4 is 55.1 Å². The minimum atomic E-state index is 0.257. The lowest BCUT2D eigenvalue weighted by Gasteiger charge is -2.21. The summed E-state index contributed by atoms with van der Waals surface area (Å²) in [6.45, 7) is 0. The van der Waals surface area contributed by atoms with Gasteiger partial charge in [0.25, 0.3) is 0 Å². The first kappa shape index (κ1) is 27.9. The summed E-state index contributed by atoms with van der Waals surface area (Å²) < 4.78 is 6.20. The first-order chi connectivity index (χ1) is 24.2. The minimum Gasteiger partial charge on any atom is -0.456 e. The molecule has 2 aromatic heterocycles. The second kappa shape index (κ2) is 11.2. The zero-order valence-electron chi connectivity index (χ0n) is 26.8. The summed E-state index contributed by atoms with van der Waals surface area (Å²) in [5.41, 5.74) is 8.71. The van der Waals surface area contributed by atoms with Gasteiger partial charge in [-0.05, 0) is 81.8 Å². The molecule has 0 fully saturated rings. The molecule has 2 heterocycles. The van der Waals surface area contributed by atoms with Crippen LogP contribution in [-0.2, 0) is 6.42 Å². The summed E-state index contributed by atoms with van der Waals surface area (Å²) >= 11 is 0. The normalized spacial score (nSPS) is 15.7. The first-order valence-electron chi connectivity index (χ1n) is 17.0. The number of aromatic nitrogens is 3. The second-order valence-corrected chi connectivity index (χ2v) is 13.1. The molecule has 0 saturated heterocycles. The average Bonchev–Trinajstić information content (AvgIpc) is 3.56. The van der Waals surface area contributed by atoms with Gasteiger partial charge in [-0.2, -0.15) is 0 Å². The van der Waals surface area contributed by atoms with Gasteiger partial charge in [-0.25, -0.2) is 15.0 Å². The maximum absolute atomic E-state index is 6.20. The SMILES string of the molecule is C1=CC(c2nc(-c3ccc4c(c3)C=CC(c3cccc5oc6ccccc6c35)C4)nc(-c3ccc4ccc5ccccc5c4c3)n2)=CCC1. The van der Waals surface area contributed by atoms with E-state index in [0.717, 1.165) is 47.1 Å². The molecule has 6 aromatic carbocycles. The van der Waals surface area contributed by atoms with E-state index in [1.54, 1.807) is 0 Å². The van der Waals surface area contributed by atoms with Crippen LogP contribution in [0.4, 0.5) is 0 Å². The Bertz CT molecular complexity index is 2710. The van der Waals surface area contributed by atoms with Crippen molar-refractivity contribution in [2.75, 3.05) is 0 Å². The van der Waals surface area contributed by atoms with E-state index < -0.39 is 0 Å². The standard InChI is InChI=1S/C45H31N3O/c1-2-10-30(11-3-1)43-46-44(48-45(47-43)35-23-19-29-18-17-28-9-4-5-12-36(28)39(29)27-35)34-24-21-31-25-33(22-20-32(31)26-34)37-14-8-16-41-42(37)38-13-6-7-15-40(38)49-41/h2,4-24,26-27,33H,1,3,25H2. The van der Waals surface area contributed by atoms with Crippen LogP contribution in [0.3, 0.4) is 0 Å². The summed E-state index contributed by atoms with van der Waals surface area (Å²) in [6, 6.07) is 40.8. The molecular formula is C45H31N3O. The monoisotopic (exact) mass is 629 g/mol. The Morgan fingerprint density at radius 1 is 0.571 bits per heavy atom. The first-order valence-corrected chi connectivity index (χ1v) is 17.0. The number of furan rings is 1. The van der Waals surface area contributed by atoms with Gasteiger partial charge >= 0.3 is 0 Å². The maximum Gasteiger partial charge on any atom is 0.164 e. The van der Waals surface area contributed by atoms with Crippen LogP contribution in [-0.4, -0.2) is 15.0 Å². The van der Waals surface area contributed by atoms with Crippen LogP contribution in [0.1, 0.15) is 41.3 Å². The molecule has 4 heteroatoms. The molecule has 0 aliphatic heterocycles. The Labute approximate surface area is 283 Å². The van der Waals surface area contributed by atoms with Crippen molar-refractivity contribution in [3.8, 4) is 22.8 Å². The highest BCUT2D eigenvalue weighted by atomic mass is 16.3. The van der Waals surface area contributed by atoms with E-state index in [-0.39, 0.29) is 5.92 Å². The van der Waals surface area contributed by atoms with E-state index in [9.17, 15) is 0 Å². The van der Waals surface area contributed by atoms with E-state index in [0.29, 0.717) is 17.5 Å². The number of benzene rings is 6. The molecule has 0 bridgehead atoms. The third kappa shape index (κ3) is 4.79. The van der Waals surface area contributed by atoms with Crippen LogP contribution in [0.5, 0.6) is 0 Å². The Balaban J connectivity index is 1.06. The minimum absolute atomic E-state index is 0.257. The van der Waals surface area contributed by atoms with Gasteiger partial charge in [-0.3, -0.25) is 0 Å². The van der Waals surface area contributed by atoms with Crippen molar-refractivity contribution < 1.29 is 4.42 Å². The molecule has 232 valence electrons. The summed E-state index contributed by atoms with van der Waals surface area (Å²) in [5, 5.41) is 7.24.